The van der Waals surface area contributed by atoms with E-state index in [-0.39, 0.29) is 24.7 Å². The lowest BCUT2D eigenvalue weighted by Crippen LogP contribution is -2.38. The zero-order chi connectivity index (χ0) is 33.0. The molecule has 0 spiro atoms. The quantitative estimate of drug-likeness (QED) is 0.184. The zero-order valence-electron chi connectivity index (χ0n) is 26.1. The lowest BCUT2D eigenvalue weighted by molar-refractivity contribution is -0.137. The van der Waals surface area contributed by atoms with Crippen molar-refractivity contribution in [2.24, 2.45) is 7.05 Å². The highest BCUT2D eigenvalue weighted by Crippen LogP contribution is 2.39. The summed E-state index contributed by atoms with van der Waals surface area (Å²) in [5.74, 6) is 1.07. The van der Waals surface area contributed by atoms with E-state index in [2.05, 4.69) is 10.3 Å². The highest BCUT2D eigenvalue weighted by atomic mass is 19.4. The number of anilines is 1. The number of benzene rings is 3. The molecule has 0 radical (unpaired) electrons. The fourth-order valence-corrected chi connectivity index (χ4v) is 5.93. The molecule has 5 aromatic rings. The number of hydrogen-bond acceptors (Lipinski definition) is 6. The highest BCUT2D eigenvalue weighted by molar-refractivity contribution is 5.78. The molecule has 6 rings (SSSR count). The first-order chi connectivity index (χ1) is 22.7. The summed E-state index contributed by atoms with van der Waals surface area (Å²) in [5, 5.41) is 3.33. The Morgan fingerprint density at radius 1 is 0.957 bits per heavy atom. The molecule has 1 unspecified atom stereocenters. The monoisotopic (exact) mass is 640 g/mol. The summed E-state index contributed by atoms with van der Waals surface area (Å²) in [5.41, 5.74) is 3.07. The molecule has 242 valence electrons. The van der Waals surface area contributed by atoms with Gasteiger partial charge in [-0.1, -0.05) is 72.8 Å². The summed E-state index contributed by atoms with van der Waals surface area (Å²) in [6, 6.07) is 26.3. The van der Waals surface area contributed by atoms with E-state index < -0.39 is 11.7 Å². The number of amides is 1. The molecule has 8 nitrogen and oxygen atoms in total. The van der Waals surface area contributed by atoms with E-state index in [0.717, 1.165) is 29.1 Å². The van der Waals surface area contributed by atoms with Crippen LogP contribution in [0.5, 0.6) is 0 Å². The minimum absolute atomic E-state index is 0.0333. The van der Waals surface area contributed by atoms with E-state index in [4.69, 9.17) is 14.7 Å². The molecule has 1 aliphatic rings. The third kappa shape index (κ3) is 7.29. The standard InChI is InChI=1S/C36H35F3N6O2/c1-24(26-12-7-4-8-13-26)41-34-40-19-16-30(42-34)32-31(28-14-9-15-29(22-28)36(37,38)39)43-33(44(32)2)27-17-20-45(21-18-27)35(46)47-23-25-10-5-3-6-11-25/h3-16,19,22,24,27H,17-18,20-21,23H2,1-2H3,(H,40,41,42). The van der Waals surface area contributed by atoms with Gasteiger partial charge < -0.3 is 19.5 Å². The van der Waals surface area contributed by atoms with Crippen molar-refractivity contribution < 1.29 is 22.7 Å². The van der Waals surface area contributed by atoms with E-state index in [1.54, 1.807) is 23.2 Å². The molecule has 47 heavy (non-hydrogen) atoms. The lowest BCUT2D eigenvalue weighted by Gasteiger charge is -2.31. The van der Waals surface area contributed by atoms with E-state index in [9.17, 15) is 18.0 Å². The van der Waals surface area contributed by atoms with Gasteiger partial charge in [-0.05, 0) is 49.1 Å². The van der Waals surface area contributed by atoms with Crippen molar-refractivity contribution in [3.8, 4) is 22.6 Å². The van der Waals surface area contributed by atoms with Crippen LogP contribution in [0.2, 0.25) is 0 Å². The fourth-order valence-electron chi connectivity index (χ4n) is 5.93. The normalized spacial score (nSPS) is 14.5. The number of carbonyl (C=O) groups excluding carboxylic acids is 1. The molecule has 1 atom stereocenters. The van der Waals surface area contributed by atoms with Crippen LogP contribution in [0.15, 0.2) is 97.2 Å². The Balaban J connectivity index is 1.28. The van der Waals surface area contributed by atoms with Crippen molar-refractivity contribution in [3.63, 3.8) is 0 Å². The first kappa shape index (κ1) is 31.8. The molecular weight excluding hydrogens is 605 g/mol. The van der Waals surface area contributed by atoms with Crippen LogP contribution in [0, 0.1) is 0 Å². The number of piperidine rings is 1. The van der Waals surface area contributed by atoms with Gasteiger partial charge >= 0.3 is 12.3 Å². The summed E-state index contributed by atoms with van der Waals surface area (Å²) >= 11 is 0. The van der Waals surface area contributed by atoms with Gasteiger partial charge in [0.1, 0.15) is 12.4 Å². The number of nitrogens with zero attached hydrogens (tertiary/aromatic N) is 5. The number of carbonyl (C=O) groups is 1. The van der Waals surface area contributed by atoms with Crippen molar-refractivity contribution in [3.05, 3.63) is 120 Å². The molecule has 3 heterocycles. The molecule has 1 N–H and O–H groups in total. The van der Waals surface area contributed by atoms with Gasteiger partial charge in [0.25, 0.3) is 0 Å². The second-order valence-corrected chi connectivity index (χ2v) is 11.6. The Kier molecular flexibility index (Phi) is 9.24. The number of halogens is 3. The van der Waals surface area contributed by atoms with E-state index in [1.165, 1.54) is 6.07 Å². The second-order valence-electron chi connectivity index (χ2n) is 11.6. The zero-order valence-corrected chi connectivity index (χ0v) is 26.1. The molecule has 1 fully saturated rings. The van der Waals surface area contributed by atoms with Crippen LogP contribution >= 0.6 is 0 Å². The Morgan fingerprint density at radius 2 is 1.66 bits per heavy atom. The maximum Gasteiger partial charge on any atom is 0.416 e. The SMILES string of the molecule is CC(Nc1nccc(-c2c(-c3cccc(C(F)(F)F)c3)nc(C3CCN(C(=O)OCc4ccccc4)CC3)n2C)n1)c1ccccc1. The van der Waals surface area contributed by atoms with Crippen LogP contribution in [-0.4, -0.2) is 43.6 Å². The first-order valence-corrected chi connectivity index (χ1v) is 15.5. The maximum atomic E-state index is 13.8. The van der Waals surface area contributed by atoms with Gasteiger partial charge in [-0.2, -0.15) is 13.2 Å². The van der Waals surface area contributed by atoms with Crippen LogP contribution in [0.25, 0.3) is 22.6 Å². The average molecular weight is 641 g/mol. The average Bonchev–Trinajstić information content (AvgIpc) is 3.44. The number of ether oxygens (including phenoxy) is 1. The van der Waals surface area contributed by atoms with Crippen molar-refractivity contribution in [1.29, 1.82) is 0 Å². The maximum absolute atomic E-state index is 13.8. The predicted octanol–water partition coefficient (Wildman–Crippen LogP) is 8.25. The number of rotatable bonds is 8. The summed E-state index contributed by atoms with van der Waals surface area (Å²) in [6.45, 7) is 3.14. The summed E-state index contributed by atoms with van der Waals surface area (Å²) in [6.07, 6.45) is -2.00. The third-order valence-electron chi connectivity index (χ3n) is 8.46. The van der Waals surface area contributed by atoms with Crippen molar-refractivity contribution >= 4 is 12.0 Å². The van der Waals surface area contributed by atoms with Gasteiger partial charge in [-0.25, -0.2) is 19.7 Å². The molecule has 1 amide bonds. The third-order valence-corrected chi connectivity index (χ3v) is 8.46. The molecule has 0 aliphatic carbocycles. The van der Waals surface area contributed by atoms with Crippen molar-refractivity contribution in [1.82, 2.24) is 24.4 Å². The molecular formula is C36H35F3N6O2. The van der Waals surface area contributed by atoms with Crippen molar-refractivity contribution in [2.45, 2.75) is 44.5 Å². The Bertz CT molecular complexity index is 1820. The highest BCUT2D eigenvalue weighted by Gasteiger charge is 2.33. The Labute approximate surface area is 271 Å². The van der Waals surface area contributed by atoms with E-state index >= 15 is 0 Å². The molecule has 1 saturated heterocycles. The van der Waals surface area contributed by atoms with Gasteiger partial charge in [0.2, 0.25) is 5.95 Å². The number of imidazole rings is 1. The van der Waals surface area contributed by atoms with Gasteiger partial charge in [-0.15, -0.1) is 0 Å². The Morgan fingerprint density at radius 3 is 2.36 bits per heavy atom. The van der Waals surface area contributed by atoms with Crippen LogP contribution < -0.4 is 5.32 Å². The largest absolute Gasteiger partial charge is 0.445 e. The minimum Gasteiger partial charge on any atom is -0.445 e. The second kappa shape index (κ2) is 13.7. The fraction of sp³-hybridized carbons (Fsp3) is 0.278. The molecule has 0 bridgehead atoms. The summed E-state index contributed by atoms with van der Waals surface area (Å²) < 4.78 is 48.7. The number of likely N-dealkylation sites (tertiary alicyclic amines) is 1. The van der Waals surface area contributed by atoms with Gasteiger partial charge in [0.05, 0.1) is 28.7 Å². The number of hydrogen-bond donors (Lipinski definition) is 1. The van der Waals surface area contributed by atoms with Crippen molar-refractivity contribution in [2.75, 3.05) is 18.4 Å². The predicted molar refractivity (Wildman–Crippen MR) is 173 cm³/mol. The van der Waals surface area contributed by atoms with Crippen LogP contribution in [0.4, 0.5) is 23.9 Å². The molecule has 11 heteroatoms. The number of alkyl halides is 3. The van der Waals surface area contributed by atoms with E-state index in [0.29, 0.717) is 54.5 Å². The lowest BCUT2D eigenvalue weighted by atomic mass is 9.96. The first-order valence-electron chi connectivity index (χ1n) is 15.5. The summed E-state index contributed by atoms with van der Waals surface area (Å²) in [7, 11) is 1.86. The van der Waals surface area contributed by atoms with Gasteiger partial charge in [0, 0.05) is 37.8 Å². The van der Waals surface area contributed by atoms with Gasteiger partial charge in [0.15, 0.2) is 0 Å². The molecule has 1 aliphatic heterocycles. The Hall–Kier alpha value is -5.19. The smallest absolute Gasteiger partial charge is 0.416 e. The number of nitrogens with one attached hydrogen (secondary N) is 1. The molecule has 3 aromatic carbocycles. The van der Waals surface area contributed by atoms with Crippen LogP contribution in [-0.2, 0) is 24.6 Å². The van der Waals surface area contributed by atoms with E-state index in [1.807, 2.05) is 79.2 Å². The topological polar surface area (TPSA) is 85.2 Å². The molecule has 0 saturated carbocycles. The summed E-state index contributed by atoms with van der Waals surface area (Å²) in [4.78, 5) is 28.7. The number of aromatic nitrogens is 4. The molecule has 2 aromatic heterocycles. The van der Waals surface area contributed by atoms with Crippen LogP contribution in [0.1, 0.15) is 54.2 Å². The van der Waals surface area contributed by atoms with Gasteiger partial charge in [-0.3, -0.25) is 0 Å². The minimum atomic E-state index is -4.50. The van der Waals surface area contributed by atoms with Crippen LogP contribution in [0.3, 0.4) is 0 Å².